The van der Waals surface area contributed by atoms with Crippen LogP contribution in [0.3, 0.4) is 0 Å². The van der Waals surface area contributed by atoms with E-state index in [9.17, 15) is 9.90 Å². The van der Waals surface area contributed by atoms with Crippen molar-refractivity contribution in [2.24, 2.45) is 5.92 Å². The molecule has 0 radical (unpaired) electrons. The van der Waals surface area contributed by atoms with Gasteiger partial charge in [-0.25, -0.2) is 4.98 Å². The van der Waals surface area contributed by atoms with Crippen LogP contribution in [0.5, 0.6) is 0 Å². The molecule has 2 aliphatic rings. The number of thiazole rings is 1. The lowest BCUT2D eigenvalue weighted by Gasteiger charge is -2.26. The summed E-state index contributed by atoms with van der Waals surface area (Å²) in [4.78, 5) is 19.6. The molecule has 110 valence electrons. The first-order chi connectivity index (χ1) is 9.56. The molecule has 3 rings (SSSR count). The van der Waals surface area contributed by atoms with Crippen LogP contribution in [0, 0.1) is 12.8 Å². The molecule has 4 nitrogen and oxygen atoms in total. The lowest BCUT2D eigenvalue weighted by molar-refractivity contribution is 0.0542. The first kappa shape index (κ1) is 14.0. The van der Waals surface area contributed by atoms with Gasteiger partial charge in [0.1, 0.15) is 4.88 Å². The van der Waals surface area contributed by atoms with Crippen LogP contribution >= 0.6 is 11.3 Å². The number of aromatic nitrogens is 1. The van der Waals surface area contributed by atoms with Crippen LogP contribution in [0.2, 0.25) is 0 Å². The second-order valence-corrected chi connectivity index (χ2v) is 7.23. The molecule has 0 aliphatic heterocycles. The fraction of sp³-hybridized carbons (Fsp3) is 0.733. The third kappa shape index (κ3) is 2.74. The Labute approximate surface area is 123 Å². The van der Waals surface area contributed by atoms with Crippen molar-refractivity contribution in [2.45, 2.75) is 57.6 Å². The zero-order chi connectivity index (χ0) is 14.3. The summed E-state index contributed by atoms with van der Waals surface area (Å²) >= 11 is 1.54. The minimum atomic E-state index is -0.372. The minimum Gasteiger partial charge on any atom is -0.391 e. The smallest absolute Gasteiger partial charge is 0.265 e. The Hall–Kier alpha value is -0.940. The number of amides is 1. The van der Waals surface area contributed by atoms with Gasteiger partial charge in [0.2, 0.25) is 0 Å². The molecule has 2 atom stereocenters. The highest BCUT2D eigenvalue weighted by molar-refractivity contribution is 7.13. The van der Waals surface area contributed by atoms with Crippen molar-refractivity contribution in [3.05, 3.63) is 15.6 Å². The van der Waals surface area contributed by atoms with Gasteiger partial charge in [0.25, 0.3) is 5.91 Å². The number of carbonyl (C=O) groups is 1. The zero-order valence-electron chi connectivity index (χ0n) is 12.1. The molecule has 0 unspecified atom stereocenters. The van der Waals surface area contributed by atoms with Gasteiger partial charge < -0.3 is 10.0 Å². The summed E-state index contributed by atoms with van der Waals surface area (Å²) < 4.78 is 0. The molecule has 0 bridgehead atoms. The first-order valence-corrected chi connectivity index (χ1v) is 8.29. The number of aliphatic hydroxyl groups is 1. The second-order valence-electron chi connectivity index (χ2n) is 6.15. The van der Waals surface area contributed by atoms with Crippen molar-refractivity contribution in [3.63, 3.8) is 0 Å². The highest BCUT2D eigenvalue weighted by atomic mass is 32.1. The summed E-state index contributed by atoms with van der Waals surface area (Å²) in [6.07, 6.45) is 5.95. The first-order valence-electron chi connectivity index (χ1n) is 7.47. The van der Waals surface area contributed by atoms with E-state index in [0.29, 0.717) is 0 Å². The summed E-state index contributed by atoms with van der Waals surface area (Å²) in [7, 11) is 1.81. The lowest BCUT2D eigenvalue weighted by Crippen LogP contribution is -2.41. The van der Waals surface area contributed by atoms with Gasteiger partial charge >= 0.3 is 0 Å². The normalized spacial score (nSPS) is 25.9. The Morgan fingerprint density at radius 2 is 2.15 bits per heavy atom. The number of carbonyl (C=O) groups excluding carboxylic acids is 1. The van der Waals surface area contributed by atoms with Crippen LogP contribution in [-0.2, 0) is 6.42 Å². The van der Waals surface area contributed by atoms with Crippen LogP contribution in [0.25, 0.3) is 0 Å². The molecule has 1 aromatic rings. The predicted octanol–water partition coefficient (Wildman–Crippen LogP) is 2.39. The average Bonchev–Trinajstić information content (AvgIpc) is 3.00. The van der Waals surface area contributed by atoms with Gasteiger partial charge in [-0.15, -0.1) is 11.3 Å². The Morgan fingerprint density at radius 3 is 2.75 bits per heavy atom. The largest absolute Gasteiger partial charge is 0.391 e. The van der Waals surface area contributed by atoms with E-state index in [1.807, 2.05) is 6.92 Å². The van der Waals surface area contributed by atoms with Gasteiger partial charge in [-0.2, -0.15) is 0 Å². The average molecular weight is 294 g/mol. The summed E-state index contributed by atoms with van der Waals surface area (Å²) in [5.74, 6) is 0.811. The van der Waals surface area contributed by atoms with Crippen molar-refractivity contribution in [1.29, 1.82) is 0 Å². The predicted molar refractivity (Wildman–Crippen MR) is 79.0 cm³/mol. The van der Waals surface area contributed by atoms with E-state index in [0.717, 1.165) is 47.2 Å². The minimum absolute atomic E-state index is 0.0213. The molecule has 2 saturated carbocycles. The maximum absolute atomic E-state index is 12.6. The highest BCUT2D eigenvalue weighted by Gasteiger charge is 2.33. The topological polar surface area (TPSA) is 53.4 Å². The Bertz CT molecular complexity index is 510. The van der Waals surface area contributed by atoms with Crippen LogP contribution in [0.1, 0.15) is 52.5 Å². The molecular formula is C15H22N2O2S. The van der Waals surface area contributed by atoms with Crippen LogP contribution < -0.4 is 0 Å². The van der Waals surface area contributed by atoms with E-state index >= 15 is 0 Å². The van der Waals surface area contributed by atoms with Gasteiger partial charge in [0, 0.05) is 13.5 Å². The van der Waals surface area contributed by atoms with Gasteiger partial charge in [0.05, 0.1) is 22.8 Å². The Kier molecular flexibility index (Phi) is 3.82. The second kappa shape index (κ2) is 5.45. The number of rotatable bonds is 4. The third-order valence-corrected chi connectivity index (χ3v) is 5.62. The van der Waals surface area contributed by atoms with E-state index in [4.69, 9.17) is 0 Å². The van der Waals surface area contributed by atoms with Crippen molar-refractivity contribution >= 4 is 17.2 Å². The summed E-state index contributed by atoms with van der Waals surface area (Å²) in [6, 6.07) is -0.0316. The molecule has 20 heavy (non-hydrogen) atoms. The molecular weight excluding hydrogens is 272 g/mol. The summed E-state index contributed by atoms with van der Waals surface area (Å²) in [6.45, 7) is 1.92. The fourth-order valence-electron chi connectivity index (χ4n) is 2.99. The van der Waals surface area contributed by atoms with Crippen LogP contribution in [-0.4, -0.2) is 40.1 Å². The fourth-order valence-corrected chi connectivity index (χ4v) is 4.15. The number of likely N-dealkylation sites (N-methyl/N-ethyl adjacent to an activating group) is 1. The van der Waals surface area contributed by atoms with E-state index in [1.165, 1.54) is 12.8 Å². The molecule has 5 heteroatoms. The van der Waals surface area contributed by atoms with Crippen molar-refractivity contribution in [1.82, 2.24) is 9.88 Å². The summed E-state index contributed by atoms with van der Waals surface area (Å²) in [5.41, 5.74) is 0.843. The van der Waals surface area contributed by atoms with E-state index in [1.54, 1.807) is 23.3 Å². The molecule has 0 aromatic carbocycles. The number of hydrogen-bond acceptors (Lipinski definition) is 4. The maximum atomic E-state index is 12.6. The zero-order valence-corrected chi connectivity index (χ0v) is 12.9. The lowest BCUT2D eigenvalue weighted by atomic mass is 10.2. The molecule has 0 saturated heterocycles. The monoisotopic (exact) mass is 294 g/mol. The van der Waals surface area contributed by atoms with Crippen molar-refractivity contribution in [3.8, 4) is 0 Å². The molecule has 1 aromatic heterocycles. The van der Waals surface area contributed by atoms with Gasteiger partial charge in [0.15, 0.2) is 0 Å². The Morgan fingerprint density at radius 1 is 1.40 bits per heavy atom. The van der Waals surface area contributed by atoms with Crippen LogP contribution in [0.15, 0.2) is 0 Å². The van der Waals surface area contributed by atoms with Gasteiger partial charge in [-0.05, 0) is 44.9 Å². The summed E-state index contributed by atoms with van der Waals surface area (Å²) in [5, 5.41) is 11.0. The number of aryl methyl sites for hydroxylation is 1. The third-order valence-electron chi connectivity index (χ3n) is 4.46. The molecule has 2 fully saturated rings. The van der Waals surface area contributed by atoms with Crippen molar-refractivity contribution < 1.29 is 9.90 Å². The van der Waals surface area contributed by atoms with Crippen molar-refractivity contribution in [2.75, 3.05) is 7.05 Å². The Balaban J connectivity index is 1.73. The van der Waals surface area contributed by atoms with Gasteiger partial charge in [-0.1, -0.05) is 0 Å². The van der Waals surface area contributed by atoms with E-state index in [2.05, 4.69) is 4.98 Å². The number of aliphatic hydroxyl groups excluding tert-OH is 1. The van der Waals surface area contributed by atoms with Crippen LogP contribution in [0.4, 0.5) is 0 Å². The van der Waals surface area contributed by atoms with E-state index in [-0.39, 0.29) is 18.1 Å². The molecule has 1 N–H and O–H groups in total. The molecule has 1 amide bonds. The highest BCUT2D eigenvalue weighted by Crippen LogP contribution is 2.35. The quantitative estimate of drug-likeness (QED) is 0.927. The SMILES string of the molecule is Cc1nc(CC2CC2)sc1C(=O)N(C)[C@@H]1CCC[C@H]1O. The van der Waals surface area contributed by atoms with Gasteiger partial charge in [-0.3, -0.25) is 4.79 Å². The number of nitrogens with zero attached hydrogens (tertiary/aromatic N) is 2. The maximum Gasteiger partial charge on any atom is 0.265 e. The standard InChI is InChI=1S/C15H22N2O2S/c1-9-14(20-13(16-9)8-10-6-7-10)15(19)17(2)11-4-3-5-12(11)18/h10-12,18H,3-8H2,1-2H3/t11-,12-/m1/s1. The molecule has 0 spiro atoms. The molecule has 2 aliphatic carbocycles. The molecule has 1 heterocycles. The number of hydrogen-bond donors (Lipinski definition) is 1. The van der Waals surface area contributed by atoms with E-state index < -0.39 is 0 Å².